The largest absolute Gasteiger partial charge is 0.396 e. The highest BCUT2D eigenvalue weighted by molar-refractivity contribution is 7.91. The van der Waals surface area contributed by atoms with Gasteiger partial charge in [0.25, 0.3) is 0 Å². The second-order valence-corrected chi connectivity index (χ2v) is 7.21. The van der Waals surface area contributed by atoms with E-state index in [1.54, 1.807) is 0 Å². The highest BCUT2D eigenvalue weighted by atomic mass is 32.2. The van der Waals surface area contributed by atoms with Crippen molar-refractivity contribution in [2.45, 2.75) is 38.6 Å². The number of sulfone groups is 1. The molecule has 0 spiro atoms. The summed E-state index contributed by atoms with van der Waals surface area (Å²) in [4.78, 5) is 11.9. The summed E-state index contributed by atoms with van der Waals surface area (Å²) in [6.07, 6.45) is 1.60. The summed E-state index contributed by atoms with van der Waals surface area (Å²) in [5.74, 6) is -0.570. The Bertz CT molecular complexity index is 379. The molecule has 2 N–H and O–H groups in total. The molecule has 1 saturated heterocycles. The lowest BCUT2D eigenvalue weighted by Gasteiger charge is -2.30. The predicted octanol–water partition coefficient (Wildman–Crippen LogP) is 0.0884. The summed E-state index contributed by atoms with van der Waals surface area (Å²) in [7, 11) is -3.03. The van der Waals surface area contributed by atoms with Crippen molar-refractivity contribution in [1.82, 2.24) is 5.32 Å². The SMILES string of the molecule is CCC(C)(CCO)NC(=O)C1CCS(=O)(=O)C1. The van der Waals surface area contributed by atoms with Crippen LogP contribution in [0, 0.1) is 5.92 Å². The molecule has 1 fully saturated rings. The van der Waals surface area contributed by atoms with Crippen LogP contribution in [0.1, 0.15) is 33.1 Å². The quantitative estimate of drug-likeness (QED) is 0.736. The molecular formula is C11H21NO4S. The van der Waals surface area contributed by atoms with Crippen LogP contribution in [-0.2, 0) is 14.6 Å². The van der Waals surface area contributed by atoms with Gasteiger partial charge in [-0.3, -0.25) is 4.79 Å². The lowest BCUT2D eigenvalue weighted by atomic mass is 9.93. The smallest absolute Gasteiger partial charge is 0.224 e. The Morgan fingerprint density at radius 1 is 1.53 bits per heavy atom. The molecule has 0 saturated carbocycles. The Kier molecular flexibility index (Phi) is 4.55. The van der Waals surface area contributed by atoms with Crippen molar-refractivity contribution < 1.29 is 18.3 Å². The van der Waals surface area contributed by atoms with E-state index in [4.69, 9.17) is 5.11 Å². The number of carbonyl (C=O) groups is 1. The summed E-state index contributed by atoms with van der Waals surface area (Å²) in [6.45, 7) is 3.81. The molecule has 0 radical (unpaired) electrons. The summed E-state index contributed by atoms with van der Waals surface area (Å²) in [5, 5.41) is 11.8. The van der Waals surface area contributed by atoms with Gasteiger partial charge in [-0.2, -0.15) is 0 Å². The van der Waals surface area contributed by atoms with Crippen LogP contribution in [0.3, 0.4) is 0 Å². The van der Waals surface area contributed by atoms with E-state index in [0.29, 0.717) is 19.3 Å². The molecule has 0 aromatic rings. The molecular weight excluding hydrogens is 242 g/mol. The fourth-order valence-electron chi connectivity index (χ4n) is 1.98. The molecule has 1 amide bonds. The molecule has 2 unspecified atom stereocenters. The second kappa shape index (κ2) is 5.35. The molecule has 1 aliphatic heterocycles. The first kappa shape index (κ1) is 14.4. The average molecular weight is 263 g/mol. The Balaban J connectivity index is 2.60. The lowest BCUT2D eigenvalue weighted by Crippen LogP contribution is -2.48. The first-order chi connectivity index (χ1) is 7.82. The van der Waals surface area contributed by atoms with Gasteiger partial charge in [0.05, 0.1) is 17.4 Å². The number of hydrogen-bond acceptors (Lipinski definition) is 4. The first-order valence-corrected chi connectivity index (χ1v) is 7.77. The van der Waals surface area contributed by atoms with Crippen molar-refractivity contribution >= 4 is 15.7 Å². The van der Waals surface area contributed by atoms with E-state index in [2.05, 4.69) is 5.32 Å². The van der Waals surface area contributed by atoms with Crippen LogP contribution in [0.4, 0.5) is 0 Å². The average Bonchev–Trinajstić information content (AvgIpc) is 2.59. The zero-order valence-corrected chi connectivity index (χ0v) is 11.2. The number of aliphatic hydroxyl groups is 1. The maximum atomic E-state index is 11.9. The van der Waals surface area contributed by atoms with Crippen molar-refractivity contribution in [2.75, 3.05) is 18.1 Å². The number of hydrogen-bond donors (Lipinski definition) is 2. The minimum absolute atomic E-state index is 0.00753. The third-order valence-corrected chi connectivity index (χ3v) is 5.24. The zero-order chi connectivity index (χ0) is 13.1. The van der Waals surface area contributed by atoms with Crippen LogP contribution in [0.25, 0.3) is 0 Å². The normalized spacial score (nSPS) is 26.4. The van der Waals surface area contributed by atoms with Gasteiger partial charge in [0, 0.05) is 12.1 Å². The van der Waals surface area contributed by atoms with Crippen molar-refractivity contribution in [1.29, 1.82) is 0 Å². The van der Waals surface area contributed by atoms with E-state index < -0.39 is 21.3 Å². The Morgan fingerprint density at radius 2 is 2.18 bits per heavy atom. The van der Waals surface area contributed by atoms with Crippen molar-refractivity contribution in [3.05, 3.63) is 0 Å². The Hall–Kier alpha value is -0.620. The molecule has 2 atom stereocenters. The summed E-state index contributed by atoms with van der Waals surface area (Å²) >= 11 is 0. The zero-order valence-electron chi connectivity index (χ0n) is 10.4. The van der Waals surface area contributed by atoms with Gasteiger partial charge in [-0.05, 0) is 26.2 Å². The number of aliphatic hydroxyl groups excluding tert-OH is 1. The maximum absolute atomic E-state index is 11.9. The van der Waals surface area contributed by atoms with Gasteiger partial charge in [0.15, 0.2) is 9.84 Å². The second-order valence-electron chi connectivity index (χ2n) is 4.98. The third kappa shape index (κ3) is 3.96. The van der Waals surface area contributed by atoms with E-state index >= 15 is 0 Å². The topological polar surface area (TPSA) is 83.5 Å². The summed E-state index contributed by atoms with van der Waals surface area (Å²) in [5.41, 5.74) is -0.446. The Labute approximate surface area is 103 Å². The van der Waals surface area contributed by atoms with Gasteiger partial charge in [-0.1, -0.05) is 6.92 Å². The molecule has 0 aromatic heterocycles. The van der Waals surface area contributed by atoms with Gasteiger partial charge >= 0.3 is 0 Å². The fraction of sp³-hybridized carbons (Fsp3) is 0.909. The van der Waals surface area contributed by atoms with E-state index in [1.807, 2.05) is 13.8 Å². The molecule has 6 heteroatoms. The van der Waals surface area contributed by atoms with E-state index in [1.165, 1.54) is 0 Å². The number of nitrogens with one attached hydrogen (secondary N) is 1. The number of carbonyl (C=O) groups excluding carboxylic acids is 1. The monoisotopic (exact) mass is 263 g/mol. The molecule has 0 aliphatic carbocycles. The van der Waals surface area contributed by atoms with Gasteiger partial charge in [0.1, 0.15) is 0 Å². The highest BCUT2D eigenvalue weighted by Gasteiger charge is 2.35. The lowest BCUT2D eigenvalue weighted by molar-refractivity contribution is -0.126. The third-order valence-electron chi connectivity index (χ3n) is 3.47. The Morgan fingerprint density at radius 3 is 2.59 bits per heavy atom. The highest BCUT2D eigenvalue weighted by Crippen LogP contribution is 2.21. The van der Waals surface area contributed by atoms with Crippen LogP contribution in [0.15, 0.2) is 0 Å². The van der Waals surface area contributed by atoms with E-state index in [9.17, 15) is 13.2 Å². The van der Waals surface area contributed by atoms with Crippen LogP contribution < -0.4 is 5.32 Å². The van der Waals surface area contributed by atoms with E-state index in [0.717, 1.165) is 0 Å². The molecule has 17 heavy (non-hydrogen) atoms. The molecule has 5 nitrogen and oxygen atoms in total. The molecule has 0 aromatic carbocycles. The van der Waals surface area contributed by atoms with Crippen molar-refractivity contribution in [3.8, 4) is 0 Å². The molecule has 1 heterocycles. The molecule has 1 rings (SSSR count). The standard InChI is InChI=1S/C11H21NO4S/c1-3-11(2,5-6-13)12-10(14)9-4-7-17(15,16)8-9/h9,13H,3-8H2,1-2H3,(H,12,14). The minimum Gasteiger partial charge on any atom is -0.396 e. The fourth-order valence-corrected chi connectivity index (χ4v) is 3.72. The predicted molar refractivity (Wildman–Crippen MR) is 65.3 cm³/mol. The van der Waals surface area contributed by atoms with Gasteiger partial charge in [-0.25, -0.2) is 8.42 Å². The molecule has 0 bridgehead atoms. The van der Waals surface area contributed by atoms with Crippen LogP contribution in [0.2, 0.25) is 0 Å². The number of rotatable bonds is 5. The summed E-state index contributed by atoms with van der Waals surface area (Å²) in [6, 6.07) is 0. The van der Waals surface area contributed by atoms with Crippen LogP contribution >= 0.6 is 0 Å². The van der Waals surface area contributed by atoms with Crippen molar-refractivity contribution in [3.63, 3.8) is 0 Å². The van der Waals surface area contributed by atoms with Gasteiger partial charge in [-0.15, -0.1) is 0 Å². The number of amides is 1. The van der Waals surface area contributed by atoms with Gasteiger partial charge in [0.2, 0.25) is 5.91 Å². The molecule has 1 aliphatic rings. The van der Waals surface area contributed by atoms with Gasteiger partial charge < -0.3 is 10.4 Å². The molecule has 100 valence electrons. The van der Waals surface area contributed by atoms with Crippen LogP contribution in [0.5, 0.6) is 0 Å². The van der Waals surface area contributed by atoms with Crippen LogP contribution in [-0.4, -0.2) is 43.1 Å². The van der Waals surface area contributed by atoms with Crippen molar-refractivity contribution in [2.24, 2.45) is 5.92 Å². The summed E-state index contributed by atoms with van der Waals surface area (Å²) < 4.78 is 22.6. The minimum atomic E-state index is -3.03. The van der Waals surface area contributed by atoms with E-state index in [-0.39, 0.29) is 24.0 Å². The maximum Gasteiger partial charge on any atom is 0.224 e. The first-order valence-electron chi connectivity index (χ1n) is 5.95.